The summed E-state index contributed by atoms with van der Waals surface area (Å²) in [4.78, 5) is 10.1. The molecule has 1 saturated heterocycles. The van der Waals surface area contributed by atoms with Gasteiger partial charge in [0.2, 0.25) is 0 Å². The molecule has 7 nitrogen and oxygen atoms in total. The summed E-state index contributed by atoms with van der Waals surface area (Å²) in [6.07, 6.45) is -3.72. The summed E-state index contributed by atoms with van der Waals surface area (Å²) in [5.74, 6) is 0. The van der Waals surface area contributed by atoms with E-state index in [9.17, 15) is 13.2 Å². The summed E-state index contributed by atoms with van der Waals surface area (Å²) < 4.78 is 44.4. The second kappa shape index (κ2) is 10.1. The average molecular weight is 559 g/mol. The lowest BCUT2D eigenvalue weighted by atomic mass is 10.1. The Bertz CT molecular complexity index is 1180. The molecule has 0 radical (unpaired) electrons. The molecule has 1 fully saturated rings. The molecule has 192 valence electrons. The van der Waals surface area contributed by atoms with Gasteiger partial charge >= 0.3 is 6.18 Å². The summed E-state index contributed by atoms with van der Waals surface area (Å²) in [6, 6.07) is 8.44. The SMILES string of the molecule is NC1C2=C(N=CN1c1ccc(C(F)(F)F)cc1)SC(N)N2c1c(Cl)cc(CN2CCOCC2)cc1Cl. The first-order valence-corrected chi connectivity index (χ1v) is 12.8. The number of alkyl halides is 3. The van der Waals surface area contributed by atoms with Crippen molar-refractivity contribution in [2.45, 2.75) is 24.4 Å². The van der Waals surface area contributed by atoms with Gasteiger partial charge in [-0.05, 0) is 42.0 Å². The Balaban J connectivity index is 1.43. The van der Waals surface area contributed by atoms with Crippen molar-refractivity contribution in [2.24, 2.45) is 16.5 Å². The van der Waals surface area contributed by atoms with Gasteiger partial charge in [0.05, 0.1) is 46.5 Å². The Morgan fingerprint density at radius 1 is 1.06 bits per heavy atom. The highest BCUT2D eigenvalue weighted by Crippen LogP contribution is 2.48. The zero-order valence-electron chi connectivity index (χ0n) is 18.9. The molecule has 3 heterocycles. The minimum Gasteiger partial charge on any atom is -0.379 e. The maximum atomic E-state index is 13.0. The number of nitrogens with zero attached hydrogens (tertiary/aromatic N) is 4. The number of nitrogens with two attached hydrogens (primary N) is 2. The smallest absolute Gasteiger partial charge is 0.379 e. The van der Waals surface area contributed by atoms with E-state index in [1.54, 1.807) is 9.80 Å². The van der Waals surface area contributed by atoms with Crippen LogP contribution in [0, 0.1) is 0 Å². The second-order valence-electron chi connectivity index (χ2n) is 8.51. The van der Waals surface area contributed by atoms with Crippen molar-refractivity contribution >= 4 is 52.7 Å². The summed E-state index contributed by atoms with van der Waals surface area (Å²) in [5.41, 5.74) is 14.2. The summed E-state index contributed by atoms with van der Waals surface area (Å²) in [7, 11) is 0. The standard InChI is InChI=1S/C23H23Cl2F3N6OS/c24-16-9-13(11-32-5-7-35-8-6-32)10-17(25)18(16)34-19-20(29)33(12-31-21(19)36-22(34)30)15-3-1-14(2-4-15)23(26,27)28/h1-4,9-10,12,20,22H,5-8,11,29-30H2. The van der Waals surface area contributed by atoms with Crippen molar-refractivity contribution in [1.29, 1.82) is 0 Å². The quantitative estimate of drug-likeness (QED) is 0.565. The lowest BCUT2D eigenvalue weighted by Crippen LogP contribution is -2.50. The maximum Gasteiger partial charge on any atom is 0.416 e. The molecule has 13 heteroatoms. The molecule has 0 bridgehead atoms. The van der Waals surface area contributed by atoms with E-state index in [1.165, 1.54) is 30.2 Å². The van der Waals surface area contributed by atoms with Crippen LogP contribution in [0.5, 0.6) is 0 Å². The van der Waals surface area contributed by atoms with Gasteiger partial charge in [-0.1, -0.05) is 35.0 Å². The minimum atomic E-state index is -4.43. The zero-order valence-corrected chi connectivity index (χ0v) is 21.2. The molecule has 3 aliphatic rings. The van der Waals surface area contributed by atoms with Crippen LogP contribution in [0.15, 0.2) is 52.1 Å². The number of aliphatic imine (C=N–C) groups is 1. The van der Waals surface area contributed by atoms with E-state index in [0.29, 0.717) is 51.9 Å². The number of morpholine rings is 1. The Morgan fingerprint density at radius 3 is 2.31 bits per heavy atom. The third-order valence-electron chi connectivity index (χ3n) is 6.16. The fraction of sp³-hybridized carbons (Fsp3) is 0.348. The molecule has 0 amide bonds. The highest BCUT2D eigenvalue weighted by Gasteiger charge is 2.41. The van der Waals surface area contributed by atoms with Crippen molar-refractivity contribution in [2.75, 3.05) is 36.1 Å². The van der Waals surface area contributed by atoms with E-state index in [4.69, 9.17) is 39.4 Å². The highest BCUT2D eigenvalue weighted by atomic mass is 35.5. The van der Waals surface area contributed by atoms with Crippen molar-refractivity contribution in [3.05, 3.63) is 68.3 Å². The molecule has 0 aliphatic carbocycles. The Kier molecular flexibility index (Phi) is 7.16. The first kappa shape index (κ1) is 25.7. The van der Waals surface area contributed by atoms with Gasteiger partial charge in [-0.3, -0.25) is 4.90 Å². The first-order chi connectivity index (χ1) is 17.1. The fourth-order valence-corrected chi connectivity index (χ4v) is 6.12. The third-order valence-corrected chi connectivity index (χ3v) is 7.73. The van der Waals surface area contributed by atoms with Crippen LogP contribution < -0.4 is 21.3 Å². The molecular weight excluding hydrogens is 536 g/mol. The summed E-state index contributed by atoms with van der Waals surface area (Å²) >= 11 is 14.8. The number of halogens is 5. The number of ether oxygens (including phenoxy) is 1. The number of hydrogen-bond donors (Lipinski definition) is 2. The van der Waals surface area contributed by atoms with Crippen molar-refractivity contribution in [3.63, 3.8) is 0 Å². The number of anilines is 2. The molecule has 2 aromatic rings. The number of rotatable bonds is 4. The Morgan fingerprint density at radius 2 is 1.69 bits per heavy atom. The summed E-state index contributed by atoms with van der Waals surface area (Å²) in [6.45, 7) is 3.71. The number of benzene rings is 2. The average Bonchev–Trinajstić information content (AvgIpc) is 3.16. The molecule has 0 saturated carbocycles. The highest BCUT2D eigenvalue weighted by molar-refractivity contribution is 8.04. The van der Waals surface area contributed by atoms with Crippen LogP contribution in [0.3, 0.4) is 0 Å². The minimum absolute atomic E-state index is 0.415. The molecular formula is C23H23Cl2F3N6OS. The lowest BCUT2D eigenvalue weighted by Gasteiger charge is -2.36. The Hall–Kier alpha value is -1.99. The van der Waals surface area contributed by atoms with E-state index < -0.39 is 23.4 Å². The monoisotopic (exact) mass is 558 g/mol. The van der Waals surface area contributed by atoms with Crippen LogP contribution in [0.2, 0.25) is 10.0 Å². The summed E-state index contributed by atoms with van der Waals surface area (Å²) in [5, 5.41) is 1.43. The van der Waals surface area contributed by atoms with Crippen LogP contribution in [-0.2, 0) is 17.5 Å². The van der Waals surface area contributed by atoms with E-state index in [1.807, 2.05) is 12.1 Å². The van der Waals surface area contributed by atoms with Gasteiger partial charge in [-0.25, -0.2) is 4.99 Å². The van der Waals surface area contributed by atoms with Gasteiger partial charge in [0.15, 0.2) is 0 Å². The Labute approximate surface area is 220 Å². The molecule has 0 aromatic heterocycles. The molecule has 36 heavy (non-hydrogen) atoms. The van der Waals surface area contributed by atoms with Crippen LogP contribution in [0.1, 0.15) is 11.1 Å². The molecule has 5 rings (SSSR count). The normalized spacial score (nSPS) is 23.0. The van der Waals surface area contributed by atoms with Crippen molar-refractivity contribution in [1.82, 2.24) is 4.90 Å². The van der Waals surface area contributed by atoms with Crippen LogP contribution in [0.25, 0.3) is 0 Å². The number of thioether (sulfide) groups is 1. The number of hydrogen-bond acceptors (Lipinski definition) is 8. The van der Waals surface area contributed by atoms with Crippen LogP contribution in [-0.4, -0.2) is 49.2 Å². The van der Waals surface area contributed by atoms with Crippen molar-refractivity contribution < 1.29 is 17.9 Å². The molecule has 2 unspecified atom stereocenters. The van der Waals surface area contributed by atoms with E-state index >= 15 is 0 Å². The third kappa shape index (κ3) is 4.93. The van der Waals surface area contributed by atoms with E-state index in [-0.39, 0.29) is 0 Å². The van der Waals surface area contributed by atoms with E-state index in [2.05, 4.69) is 9.89 Å². The van der Waals surface area contributed by atoms with E-state index in [0.717, 1.165) is 30.8 Å². The van der Waals surface area contributed by atoms with Gasteiger partial charge in [-0.2, -0.15) is 13.2 Å². The van der Waals surface area contributed by atoms with Gasteiger partial charge in [-0.15, -0.1) is 0 Å². The second-order valence-corrected chi connectivity index (χ2v) is 10.4. The molecule has 0 spiro atoms. The van der Waals surface area contributed by atoms with Gasteiger partial charge in [0, 0.05) is 25.3 Å². The fourth-order valence-electron chi connectivity index (χ4n) is 4.41. The zero-order chi connectivity index (χ0) is 25.6. The van der Waals surface area contributed by atoms with Crippen LogP contribution in [0.4, 0.5) is 24.5 Å². The topological polar surface area (TPSA) is 83.3 Å². The first-order valence-electron chi connectivity index (χ1n) is 11.1. The van der Waals surface area contributed by atoms with Gasteiger partial charge < -0.3 is 26.0 Å². The largest absolute Gasteiger partial charge is 0.416 e. The molecule has 2 atom stereocenters. The van der Waals surface area contributed by atoms with Gasteiger partial charge in [0.25, 0.3) is 0 Å². The predicted molar refractivity (Wildman–Crippen MR) is 138 cm³/mol. The van der Waals surface area contributed by atoms with Crippen LogP contribution >= 0.6 is 35.0 Å². The lowest BCUT2D eigenvalue weighted by molar-refractivity contribution is -0.137. The van der Waals surface area contributed by atoms with Gasteiger partial charge in [0.1, 0.15) is 16.7 Å². The molecule has 3 aliphatic heterocycles. The maximum absolute atomic E-state index is 13.0. The molecule has 4 N–H and O–H groups in total. The predicted octanol–water partition coefficient (Wildman–Crippen LogP) is 4.64. The van der Waals surface area contributed by atoms with Crippen molar-refractivity contribution in [3.8, 4) is 0 Å². The molecule has 2 aromatic carbocycles.